The maximum Gasteiger partial charge on any atom is 0.251 e. The number of amides is 2. The molecule has 0 bridgehead atoms. The zero-order chi connectivity index (χ0) is 16.8. The van der Waals surface area contributed by atoms with Gasteiger partial charge in [0.05, 0.1) is 0 Å². The predicted molar refractivity (Wildman–Crippen MR) is 89.7 cm³/mol. The number of nitrogens with one attached hydrogen (secondary N) is 2. The van der Waals surface area contributed by atoms with Crippen LogP contribution in [0.5, 0.6) is 0 Å². The van der Waals surface area contributed by atoms with E-state index in [1.54, 1.807) is 24.3 Å². The summed E-state index contributed by atoms with van der Waals surface area (Å²) in [5.41, 5.74) is 7.05. The standard InChI is InChI=1S/C17H27N3O2/c1-5-17(18,6-2)11-19-16(22)13-7-9-14(10-8-13)20-15(21)12(3)4/h7-10,12H,5-6,11,18H2,1-4H3,(H,19,22)(H,20,21). The van der Waals surface area contributed by atoms with Crippen LogP contribution >= 0.6 is 0 Å². The van der Waals surface area contributed by atoms with Crippen LogP contribution in [0.2, 0.25) is 0 Å². The van der Waals surface area contributed by atoms with Crippen LogP contribution in [0.25, 0.3) is 0 Å². The summed E-state index contributed by atoms with van der Waals surface area (Å²) in [6.07, 6.45) is 1.62. The Balaban J connectivity index is 2.63. The lowest BCUT2D eigenvalue weighted by atomic mass is 9.94. The van der Waals surface area contributed by atoms with Gasteiger partial charge >= 0.3 is 0 Å². The summed E-state index contributed by atoms with van der Waals surface area (Å²) < 4.78 is 0. The largest absolute Gasteiger partial charge is 0.350 e. The second kappa shape index (κ2) is 7.94. The van der Waals surface area contributed by atoms with Crippen molar-refractivity contribution >= 4 is 17.5 Å². The second-order valence-corrected chi connectivity index (χ2v) is 5.97. The van der Waals surface area contributed by atoms with Gasteiger partial charge < -0.3 is 16.4 Å². The molecule has 4 N–H and O–H groups in total. The third kappa shape index (κ3) is 5.15. The van der Waals surface area contributed by atoms with E-state index in [1.165, 1.54) is 0 Å². The molecule has 1 aromatic rings. The minimum atomic E-state index is -0.360. The molecule has 2 amide bonds. The first-order chi connectivity index (χ1) is 10.3. The van der Waals surface area contributed by atoms with Gasteiger partial charge in [-0.1, -0.05) is 27.7 Å². The molecule has 0 aliphatic heterocycles. The molecule has 0 radical (unpaired) electrons. The van der Waals surface area contributed by atoms with Crippen molar-refractivity contribution in [3.05, 3.63) is 29.8 Å². The van der Waals surface area contributed by atoms with Crippen LogP contribution in [-0.2, 0) is 4.79 Å². The van der Waals surface area contributed by atoms with Crippen molar-refractivity contribution in [2.24, 2.45) is 11.7 Å². The lowest BCUT2D eigenvalue weighted by Crippen LogP contribution is -2.49. The van der Waals surface area contributed by atoms with Crippen molar-refractivity contribution in [3.8, 4) is 0 Å². The van der Waals surface area contributed by atoms with Gasteiger partial charge in [-0.15, -0.1) is 0 Å². The first-order valence-corrected chi connectivity index (χ1v) is 7.79. The molecule has 5 heteroatoms. The van der Waals surface area contributed by atoms with Gasteiger partial charge in [-0.3, -0.25) is 9.59 Å². The Bertz CT molecular complexity index is 505. The smallest absolute Gasteiger partial charge is 0.251 e. The van der Waals surface area contributed by atoms with Gasteiger partial charge in [-0.05, 0) is 37.1 Å². The van der Waals surface area contributed by atoms with Crippen molar-refractivity contribution in [3.63, 3.8) is 0 Å². The van der Waals surface area contributed by atoms with E-state index in [0.29, 0.717) is 17.8 Å². The first kappa shape index (κ1) is 18.2. The van der Waals surface area contributed by atoms with Crippen LogP contribution in [0, 0.1) is 5.92 Å². The maximum absolute atomic E-state index is 12.1. The van der Waals surface area contributed by atoms with Gasteiger partial charge in [0.15, 0.2) is 0 Å². The number of rotatable bonds is 7. The predicted octanol–water partition coefficient (Wildman–Crippen LogP) is 2.53. The molecule has 0 aliphatic carbocycles. The average Bonchev–Trinajstić information content (AvgIpc) is 2.52. The molecule has 22 heavy (non-hydrogen) atoms. The topological polar surface area (TPSA) is 84.2 Å². The zero-order valence-corrected chi connectivity index (χ0v) is 13.9. The fraction of sp³-hybridized carbons (Fsp3) is 0.529. The van der Waals surface area contributed by atoms with Crippen molar-refractivity contribution in [2.45, 2.75) is 46.1 Å². The van der Waals surface area contributed by atoms with Crippen LogP contribution < -0.4 is 16.4 Å². The third-order valence-electron chi connectivity index (χ3n) is 3.95. The monoisotopic (exact) mass is 305 g/mol. The fourth-order valence-electron chi connectivity index (χ4n) is 1.85. The van der Waals surface area contributed by atoms with E-state index in [1.807, 2.05) is 27.7 Å². The molecule has 0 fully saturated rings. The Kier molecular flexibility index (Phi) is 6.56. The molecule has 1 aromatic carbocycles. The Morgan fingerprint density at radius 1 is 1.14 bits per heavy atom. The molecule has 0 unspecified atom stereocenters. The summed E-state index contributed by atoms with van der Waals surface area (Å²) in [5, 5.41) is 5.66. The van der Waals surface area contributed by atoms with Gasteiger partial charge in [0, 0.05) is 29.3 Å². The summed E-state index contributed by atoms with van der Waals surface area (Å²) >= 11 is 0. The number of nitrogens with two attached hydrogens (primary N) is 1. The Morgan fingerprint density at radius 2 is 1.68 bits per heavy atom. The molecule has 0 heterocycles. The van der Waals surface area contributed by atoms with Gasteiger partial charge in [-0.2, -0.15) is 0 Å². The molecule has 0 saturated carbocycles. The van der Waals surface area contributed by atoms with E-state index < -0.39 is 0 Å². The Labute approximate surface area is 132 Å². The lowest BCUT2D eigenvalue weighted by molar-refractivity contribution is -0.118. The summed E-state index contributed by atoms with van der Waals surface area (Å²) in [5.74, 6) is -0.279. The number of carbonyl (C=O) groups excluding carboxylic acids is 2. The summed E-state index contributed by atoms with van der Waals surface area (Å²) in [7, 11) is 0. The highest BCUT2D eigenvalue weighted by Gasteiger charge is 2.21. The fourth-order valence-corrected chi connectivity index (χ4v) is 1.85. The highest BCUT2D eigenvalue weighted by Crippen LogP contribution is 2.12. The molecule has 122 valence electrons. The van der Waals surface area contributed by atoms with Crippen molar-refractivity contribution in [1.29, 1.82) is 0 Å². The number of benzene rings is 1. The van der Waals surface area contributed by atoms with Crippen LogP contribution in [0.3, 0.4) is 0 Å². The molecule has 0 atom stereocenters. The van der Waals surface area contributed by atoms with Crippen LogP contribution in [0.4, 0.5) is 5.69 Å². The molecule has 0 aromatic heterocycles. The van der Waals surface area contributed by atoms with Gasteiger partial charge in [-0.25, -0.2) is 0 Å². The highest BCUT2D eigenvalue weighted by molar-refractivity contribution is 5.96. The van der Waals surface area contributed by atoms with E-state index >= 15 is 0 Å². The molecular formula is C17H27N3O2. The van der Waals surface area contributed by atoms with E-state index in [9.17, 15) is 9.59 Å². The molecule has 0 spiro atoms. The highest BCUT2D eigenvalue weighted by atomic mass is 16.2. The number of anilines is 1. The third-order valence-corrected chi connectivity index (χ3v) is 3.95. The number of hydrogen-bond donors (Lipinski definition) is 3. The van der Waals surface area contributed by atoms with Crippen molar-refractivity contribution in [2.75, 3.05) is 11.9 Å². The maximum atomic E-state index is 12.1. The molecule has 0 saturated heterocycles. The molecule has 0 aliphatic rings. The van der Waals surface area contributed by atoms with Crippen molar-refractivity contribution < 1.29 is 9.59 Å². The van der Waals surface area contributed by atoms with E-state index in [0.717, 1.165) is 12.8 Å². The minimum absolute atomic E-state index is 0.0454. The Hall–Kier alpha value is -1.88. The molecule has 1 rings (SSSR count). The van der Waals surface area contributed by atoms with E-state index in [2.05, 4.69) is 10.6 Å². The van der Waals surface area contributed by atoms with Gasteiger partial charge in [0.1, 0.15) is 0 Å². The zero-order valence-electron chi connectivity index (χ0n) is 13.9. The first-order valence-electron chi connectivity index (χ1n) is 7.79. The van der Waals surface area contributed by atoms with Crippen LogP contribution in [0.15, 0.2) is 24.3 Å². The lowest BCUT2D eigenvalue weighted by Gasteiger charge is -2.26. The summed E-state index contributed by atoms with van der Waals surface area (Å²) in [6.45, 7) is 8.14. The van der Waals surface area contributed by atoms with Gasteiger partial charge in [0.2, 0.25) is 5.91 Å². The van der Waals surface area contributed by atoms with Crippen molar-refractivity contribution in [1.82, 2.24) is 5.32 Å². The number of hydrogen-bond acceptors (Lipinski definition) is 3. The van der Waals surface area contributed by atoms with Gasteiger partial charge in [0.25, 0.3) is 5.91 Å². The molecule has 5 nitrogen and oxygen atoms in total. The average molecular weight is 305 g/mol. The second-order valence-electron chi connectivity index (χ2n) is 5.97. The van der Waals surface area contributed by atoms with E-state index in [-0.39, 0.29) is 23.3 Å². The van der Waals surface area contributed by atoms with Crippen LogP contribution in [-0.4, -0.2) is 23.9 Å². The normalized spacial score (nSPS) is 11.4. The van der Waals surface area contributed by atoms with E-state index in [4.69, 9.17) is 5.73 Å². The minimum Gasteiger partial charge on any atom is -0.350 e. The number of carbonyl (C=O) groups is 2. The Morgan fingerprint density at radius 3 is 2.14 bits per heavy atom. The summed E-state index contributed by atoms with van der Waals surface area (Å²) in [4.78, 5) is 23.7. The van der Waals surface area contributed by atoms with Crippen LogP contribution in [0.1, 0.15) is 50.9 Å². The summed E-state index contributed by atoms with van der Waals surface area (Å²) in [6, 6.07) is 6.85. The quantitative estimate of drug-likeness (QED) is 0.723. The molecular weight excluding hydrogens is 278 g/mol. The SMILES string of the molecule is CCC(N)(CC)CNC(=O)c1ccc(NC(=O)C(C)C)cc1.